The predicted octanol–water partition coefficient (Wildman–Crippen LogP) is 0.948. The van der Waals surface area contributed by atoms with E-state index in [1.165, 1.54) is 0 Å². The summed E-state index contributed by atoms with van der Waals surface area (Å²) in [6.07, 6.45) is 2.41. The molecule has 0 spiro atoms. The standard InChI is InChI=1S/C20H38N8O2/c1-6-17-25-24-16-28(17)11-9-23-18(21-7-2)22-8-10-26-12-14-27(15-13-26)19(29)30-20(3,4)5/h16H,6-15H2,1-5H3,(H2,21,22,23). The fourth-order valence-corrected chi connectivity index (χ4v) is 3.16. The average Bonchev–Trinajstić information content (AvgIpc) is 3.14. The van der Waals surface area contributed by atoms with Crippen LogP contribution in [0.2, 0.25) is 0 Å². The Labute approximate surface area is 180 Å². The number of aromatic nitrogens is 3. The van der Waals surface area contributed by atoms with Gasteiger partial charge in [0.05, 0.1) is 6.54 Å². The molecule has 10 heteroatoms. The number of hydrogen-bond acceptors (Lipinski definition) is 6. The van der Waals surface area contributed by atoms with Crippen LogP contribution in [0.4, 0.5) is 4.79 Å². The molecule has 1 aliphatic rings. The van der Waals surface area contributed by atoms with Crippen LogP contribution in [0, 0.1) is 0 Å². The number of piperazine rings is 1. The molecule has 10 nitrogen and oxygen atoms in total. The molecule has 1 saturated heterocycles. The summed E-state index contributed by atoms with van der Waals surface area (Å²) in [6.45, 7) is 16.8. The zero-order chi connectivity index (χ0) is 22.0. The van der Waals surface area contributed by atoms with Gasteiger partial charge in [-0.15, -0.1) is 10.2 Å². The molecular weight excluding hydrogens is 384 g/mol. The van der Waals surface area contributed by atoms with E-state index < -0.39 is 5.60 Å². The maximum absolute atomic E-state index is 12.2. The highest BCUT2D eigenvalue weighted by Crippen LogP contribution is 2.11. The lowest BCUT2D eigenvalue weighted by molar-refractivity contribution is 0.0148. The van der Waals surface area contributed by atoms with Crippen molar-refractivity contribution in [3.63, 3.8) is 0 Å². The molecular formula is C20H38N8O2. The number of amides is 1. The minimum absolute atomic E-state index is 0.224. The molecule has 1 aromatic heterocycles. The van der Waals surface area contributed by atoms with Crippen LogP contribution in [-0.2, 0) is 17.7 Å². The second-order valence-electron chi connectivity index (χ2n) is 8.29. The summed E-state index contributed by atoms with van der Waals surface area (Å²) >= 11 is 0. The summed E-state index contributed by atoms with van der Waals surface area (Å²) < 4.78 is 7.51. The molecule has 1 fully saturated rings. The summed E-state index contributed by atoms with van der Waals surface area (Å²) in [5, 5.41) is 14.7. The van der Waals surface area contributed by atoms with Crippen molar-refractivity contribution in [2.75, 3.05) is 52.4 Å². The van der Waals surface area contributed by atoms with E-state index in [0.717, 1.165) is 57.5 Å². The van der Waals surface area contributed by atoms with Crippen LogP contribution in [0.3, 0.4) is 0 Å². The van der Waals surface area contributed by atoms with Gasteiger partial charge in [-0.1, -0.05) is 6.92 Å². The molecule has 2 rings (SSSR count). The molecule has 1 aliphatic heterocycles. The normalized spacial score (nSPS) is 15.9. The van der Waals surface area contributed by atoms with E-state index in [-0.39, 0.29) is 6.09 Å². The number of hydrogen-bond donors (Lipinski definition) is 2. The van der Waals surface area contributed by atoms with Gasteiger partial charge in [0.2, 0.25) is 0 Å². The van der Waals surface area contributed by atoms with Gasteiger partial charge in [-0.3, -0.25) is 9.89 Å². The second-order valence-corrected chi connectivity index (χ2v) is 8.29. The molecule has 1 aromatic rings. The first-order valence-electron chi connectivity index (χ1n) is 10.9. The fraction of sp³-hybridized carbons (Fsp3) is 0.800. The van der Waals surface area contributed by atoms with Gasteiger partial charge < -0.3 is 24.8 Å². The minimum atomic E-state index is -0.453. The van der Waals surface area contributed by atoms with Crippen molar-refractivity contribution in [1.82, 2.24) is 35.2 Å². The third-order valence-electron chi connectivity index (χ3n) is 4.71. The van der Waals surface area contributed by atoms with E-state index in [0.29, 0.717) is 19.6 Å². The number of rotatable bonds is 8. The highest BCUT2D eigenvalue weighted by atomic mass is 16.6. The molecule has 0 bridgehead atoms. The van der Waals surface area contributed by atoms with E-state index in [4.69, 9.17) is 4.74 Å². The third kappa shape index (κ3) is 8.17. The summed E-state index contributed by atoms with van der Waals surface area (Å²) in [7, 11) is 0. The highest BCUT2D eigenvalue weighted by Gasteiger charge is 2.25. The summed E-state index contributed by atoms with van der Waals surface area (Å²) in [5.41, 5.74) is -0.453. The minimum Gasteiger partial charge on any atom is -0.444 e. The number of ether oxygens (including phenoxy) is 1. The van der Waals surface area contributed by atoms with Gasteiger partial charge in [0.1, 0.15) is 17.8 Å². The van der Waals surface area contributed by atoms with E-state index in [1.807, 2.05) is 20.8 Å². The molecule has 1 amide bonds. The van der Waals surface area contributed by atoms with Crippen LogP contribution in [0.25, 0.3) is 0 Å². The van der Waals surface area contributed by atoms with Crippen molar-refractivity contribution in [1.29, 1.82) is 0 Å². The number of nitrogens with one attached hydrogen (secondary N) is 2. The molecule has 2 heterocycles. The smallest absolute Gasteiger partial charge is 0.410 e. The number of carbonyl (C=O) groups is 1. The van der Waals surface area contributed by atoms with Crippen LogP contribution in [0.15, 0.2) is 11.3 Å². The van der Waals surface area contributed by atoms with Gasteiger partial charge in [0.25, 0.3) is 0 Å². The SMILES string of the molecule is CCNC(=NCCN1CCN(C(=O)OC(C)(C)C)CC1)NCCn1cnnc1CC. The van der Waals surface area contributed by atoms with E-state index in [2.05, 4.69) is 49.1 Å². The Morgan fingerprint density at radius 1 is 1.17 bits per heavy atom. The Morgan fingerprint density at radius 3 is 2.53 bits per heavy atom. The quantitative estimate of drug-likeness (QED) is 0.475. The van der Waals surface area contributed by atoms with E-state index in [9.17, 15) is 4.79 Å². The topological polar surface area (TPSA) is 99.9 Å². The Hall–Kier alpha value is -2.36. The van der Waals surface area contributed by atoms with Gasteiger partial charge in [0.15, 0.2) is 5.96 Å². The maximum Gasteiger partial charge on any atom is 0.410 e. The lowest BCUT2D eigenvalue weighted by atomic mass is 10.2. The van der Waals surface area contributed by atoms with Crippen molar-refractivity contribution < 1.29 is 9.53 Å². The van der Waals surface area contributed by atoms with Crippen molar-refractivity contribution in [2.45, 2.75) is 53.2 Å². The molecule has 0 aliphatic carbocycles. The van der Waals surface area contributed by atoms with Gasteiger partial charge in [0, 0.05) is 58.8 Å². The van der Waals surface area contributed by atoms with Crippen LogP contribution in [0.1, 0.15) is 40.4 Å². The van der Waals surface area contributed by atoms with Crippen LogP contribution < -0.4 is 10.6 Å². The number of guanidine groups is 1. The number of aliphatic imine (C=N–C) groups is 1. The maximum atomic E-state index is 12.2. The lowest BCUT2D eigenvalue weighted by Gasteiger charge is -2.35. The van der Waals surface area contributed by atoms with Crippen molar-refractivity contribution in [3.8, 4) is 0 Å². The molecule has 30 heavy (non-hydrogen) atoms. The van der Waals surface area contributed by atoms with E-state index >= 15 is 0 Å². The Balaban J connectivity index is 1.71. The summed E-state index contributed by atoms with van der Waals surface area (Å²) in [4.78, 5) is 21.0. The van der Waals surface area contributed by atoms with E-state index in [1.54, 1.807) is 11.2 Å². The zero-order valence-electron chi connectivity index (χ0n) is 19.1. The summed E-state index contributed by atoms with van der Waals surface area (Å²) in [5.74, 6) is 1.81. The van der Waals surface area contributed by atoms with Gasteiger partial charge >= 0.3 is 6.09 Å². The van der Waals surface area contributed by atoms with Crippen molar-refractivity contribution in [3.05, 3.63) is 12.2 Å². The molecule has 0 atom stereocenters. The monoisotopic (exact) mass is 422 g/mol. The Morgan fingerprint density at radius 2 is 1.90 bits per heavy atom. The summed E-state index contributed by atoms with van der Waals surface area (Å²) in [6, 6.07) is 0. The third-order valence-corrected chi connectivity index (χ3v) is 4.71. The van der Waals surface area contributed by atoms with Crippen LogP contribution >= 0.6 is 0 Å². The van der Waals surface area contributed by atoms with Crippen LogP contribution in [0.5, 0.6) is 0 Å². The number of nitrogens with zero attached hydrogens (tertiary/aromatic N) is 6. The van der Waals surface area contributed by atoms with Gasteiger partial charge in [-0.25, -0.2) is 4.79 Å². The van der Waals surface area contributed by atoms with Crippen molar-refractivity contribution >= 4 is 12.1 Å². The molecule has 0 radical (unpaired) electrons. The van der Waals surface area contributed by atoms with Gasteiger partial charge in [-0.2, -0.15) is 0 Å². The van der Waals surface area contributed by atoms with Crippen molar-refractivity contribution in [2.24, 2.45) is 4.99 Å². The number of carbonyl (C=O) groups excluding carboxylic acids is 1. The molecule has 0 unspecified atom stereocenters. The lowest BCUT2D eigenvalue weighted by Crippen LogP contribution is -2.50. The first kappa shape index (κ1) is 23.9. The average molecular weight is 423 g/mol. The first-order chi connectivity index (χ1) is 14.3. The molecule has 0 saturated carbocycles. The largest absolute Gasteiger partial charge is 0.444 e. The second kappa shape index (κ2) is 11.7. The highest BCUT2D eigenvalue weighted by molar-refractivity contribution is 5.79. The predicted molar refractivity (Wildman–Crippen MR) is 118 cm³/mol. The molecule has 2 N–H and O–H groups in total. The van der Waals surface area contributed by atoms with Crippen LogP contribution in [-0.4, -0.2) is 94.6 Å². The Kier molecular flexibility index (Phi) is 9.35. The molecule has 170 valence electrons. The number of aryl methyl sites for hydroxylation is 1. The van der Waals surface area contributed by atoms with Gasteiger partial charge in [-0.05, 0) is 27.7 Å². The fourth-order valence-electron chi connectivity index (χ4n) is 3.16. The Bertz CT molecular complexity index is 675. The first-order valence-corrected chi connectivity index (χ1v) is 10.9. The zero-order valence-corrected chi connectivity index (χ0v) is 19.1. The molecule has 0 aromatic carbocycles.